The van der Waals surface area contributed by atoms with Crippen molar-refractivity contribution in [2.45, 2.75) is 46.2 Å². The normalized spacial score (nSPS) is 15.8. The van der Waals surface area contributed by atoms with E-state index in [-0.39, 0.29) is 12.1 Å². The Balaban J connectivity index is 4.18. The van der Waals surface area contributed by atoms with E-state index in [1.807, 2.05) is 27.7 Å². The lowest BCUT2D eigenvalue weighted by Crippen LogP contribution is -2.42. The van der Waals surface area contributed by atoms with Crippen LogP contribution in [0.15, 0.2) is 9.98 Å². The Morgan fingerprint density at radius 1 is 1.14 bits per heavy atom. The number of rotatable bonds is 3. The molecule has 5 N–H and O–H groups in total. The maximum atomic E-state index is 5.60. The minimum atomic E-state index is 0.152. The molecule has 0 aliphatic carbocycles. The molecule has 0 aromatic carbocycles. The van der Waals surface area contributed by atoms with Crippen LogP contribution in [0, 0.1) is 0 Å². The molecule has 0 heterocycles. The molecule has 0 bridgehead atoms. The third kappa shape index (κ3) is 6.28. The van der Waals surface area contributed by atoms with Crippen LogP contribution in [-0.4, -0.2) is 24.0 Å². The average molecular weight is 199 g/mol. The summed E-state index contributed by atoms with van der Waals surface area (Å²) in [5.41, 5.74) is 11.2. The van der Waals surface area contributed by atoms with Crippen LogP contribution in [0.5, 0.6) is 0 Å². The minimum Gasteiger partial charge on any atom is -0.370 e. The van der Waals surface area contributed by atoms with E-state index >= 15 is 0 Å². The number of hydrogen-bond donors (Lipinski definition) is 3. The summed E-state index contributed by atoms with van der Waals surface area (Å²) in [7, 11) is 0. The van der Waals surface area contributed by atoms with E-state index in [1.165, 1.54) is 0 Å². The molecule has 0 saturated heterocycles. The summed E-state index contributed by atoms with van der Waals surface area (Å²) in [5.74, 6) is 0.630. The first-order valence-electron chi connectivity index (χ1n) is 4.89. The fourth-order valence-electron chi connectivity index (χ4n) is 0.803. The summed E-state index contributed by atoms with van der Waals surface area (Å²) in [6.45, 7) is 7.92. The monoisotopic (exact) mass is 199 g/mol. The lowest BCUT2D eigenvalue weighted by Gasteiger charge is -2.08. The molecule has 14 heavy (non-hydrogen) atoms. The number of nitrogens with two attached hydrogens (primary N) is 2. The summed E-state index contributed by atoms with van der Waals surface area (Å²) in [5, 5.41) is 2.73. The van der Waals surface area contributed by atoms with Gasteiger partial charge in [0, 0.05) is 6.04 Å². The van der Waals surface area contributed by atoms with Crippen molar-refractivity contribution in [1.29, 1.82) is 0 Å². The van der Waals surface area contributed by atoms with E-state index < -0.39 is 0 Å². The van der Waals surface area contributed by atoms with E-state index in [2.05, 4.69) is 15.3 Å². The highest BCUT2D eigenvalue weighted by molar-refractivity contribution is 5.97. The molecular weight excluding hydrogens is 178 g/mol. The second kappa shape index (κ2) is 6.23. The summed E-state index contributed by atoms with van der Waals surface area (Å²) in [6, 6.07) is 0.355. The first-order valence-corrected chi connectivity index (χ1v) is 4.89. The molecular formula is C9H21N5. The smallest absolute Gasteiger partial charge is 0.195 e. The van der Waals surface area contributed by atoms with Crippen LogP contribution in [0.2, 0.25) is 0 Å². The SMILES string of the molecule is CCC(C)N=C(N)NC(N)=NC(C)C. The van der Waals surface area contributed by atoms with Gasteiger partial charge >= 0.3 is 0 Å². The van der Waals surface area contributed by atoms with Crippen LogP contribution in [0.1, 0.15) is 34.1 Å². The van der Waals surface area contributed by atoms with Gasteiger partial charge in [-0.3, -0.25) is 15.3 Å². The van der Waals surface area contributed by atoms with Gasteiger partial charge in [-0.25, -0.2) is 0 Å². The van der Waals surface area contributed by atoms with Crippen LogP contribution in [0.25, 0.3) is 0 Å². The fraction of sp³-hybridized carbons (Fsp3) is 0.778. The van der Waals surface area contributed by atoms with Crippen molar-refractivity contribution in [3.63, 3.8) is 0 Å². The van der Waals surface area contributed by atoms with Crippen molar-refractivity contribution in [3.05, 3.63) is 0 Å². The van der Waals surface area contributed by atoms with Gasteiger partial charge in [0.15, 0.2) is 11.9 Å². The highest BCUT2D eigenvalue weighted by Gasteiger charge is 1.99. The standard InChI is InChI=1S/C9H21N5/c1-5-7(4)13-9(11)14-8(10)12-6(2)3/h6-7H,5H2,1-4H3,(H5,10,11,12,13,14). The fourth-order valence-corrected chi connectivity index (χ4v) is 0.803. The summed E-state index contributed by atoms with van der Waals surface area (Å²) in [4.78, 5) is 8.24. The van der Waals surface area contributed by atoms with Gasteiger partial charge in [0.1, 0.15) is 0 Å². The molecule has 5 heteroatoms. The first kappa shape index (κ1) is 12.7. The maximum absolute atomic E-state index is 5.60. The summed E-state index contributed by atoms with van der Waals surface area (Å²) in [6.07, 6.45) is 0.948. The van der Waals surface area contributed by atoms with Gasteiger partial charge in [-0.1, -0.05) is 6.92 Å². The summed E-state index contributed by atoms with van der Waals surface area (Å²) >= 11 is 0. The quantitative estimate of drug-likeness (QED) is 0.454. The van der Waals surface area contributed by atoms with E-state index in [9.17, 15) is 0 Å². The Bertz CT molecular complexity index is 219. The molecule has 0 rings (SSSR count). The molecule has 0 radical (unpaired) electrons. The van der Waals surface area contributed by atoms with Crippen LogP contribution in [0.3, 0.4) is 0 Å². The van der Waals surface area contributed by atoms with Crippen LogP contribution in [0.4, 0.5) is 0 Å². The van der Waals surface area contributed by atoms with Gasteiger partial charge in [-0.05, 0) is 27.2 Å². The van der Waals surface area contributed by atoms with Crippen molar-refractivity contribution in [2.75, 3.05) is 0 Å². The first-order chi connectivity index (χ1) is 6.45. The van der Waals surface area contributed by atoms with Crippen molar-refractivity contribution in [3.8, 4) is 0 Å². The number of guanidine groups is 2. The summed E-state index contributed by atoms with van der Waals surface area (Å²) < 4.78 is 0. The number of nitrogens with zero attached hydrogens (tertiary/aromatic N) is 2. The van der Waals surface area contributed by atoms with Crippen LogP contribution in [-0.2, 0) is 0 Å². The predicted octanol–water partition coefficient (Wildman–Crippen LogP) is 0.412. The zero-order valence-corrected chi connectivity index (χ0v) is 9.41. The third-order valence-corrected chi connectivity index (χ3v) is 1.60. The molecule has 1 unspecified atom stereocenters. The zero-order chi connectivity index (χ0) is 11.1. The largest absolute Gasteiger partial charge is 0.370 e. The Morgan fingerprint density at radius 2 is 1.64 bits per heavy atom. The molecule has 0 aromatic heterocycles. The molecule has 0 aliphatic rings. The number of nitrogens with one attached hydrogen (secondary N) is 1. The molecule has 0 amide bonds. The van der Waals surface area contributed by atoms with Crippen LogP contribution >= 0.6 is 0 Å². The van der Waals surface area contributed by atoms with Crippen molar-refractivity contribution in [1.82, 2.24) is 5.32 Å². The van der Waals surface area contributed by atoms with E-state index in [0.29, 0.717) is 11.9 Å². The Kier molecular flexibility index (Phi) is 5.67. The number of aliphatic imine (C=N–C) groups is 2. The molecule has 0 fully saturated rings. The third-order valence-electron chi connectivity index (χ3n) is 1.60. The van der Waals surface area contributed by atoms with Gasteiger partial charge in [0.25, 0.3) is 0 Å². The van der Waals surface area contributed by atoms with E-state index in [1.54, 1.807) is 0 Å². The Labute approximate surface area is 85.7 Å². The van der Waals surface area contributed by atoms with E-state index in [4.69, 9.17) is 11.5 Å². The van der Waals surface area contributed by atoms with Crippen molar-refractivity contribution >= 4 is 11.9 Å². The zero-order valence-electron chi connectivity index (χ0n) is 9.41. The van der Waals surface area contributed by atoms with Crippen molar-refractivity contribution in [2.24, 2.45) is 21.5 Å². The second-order valence-electron chi connectivity index (χ2n) is 3.50. The molecule has 1 atom stereocenters. The van der Waals surface area contributed by atoms with Gasteiger partial charge in [-0.2, -0.15) is 0 Å². The topological polar surface area (TPSA) is 88.8 Å². The van der Waals surface area contributed by atoms with E-state index in [0.717, 1.165) is 6.42 Å². The number of hydrogen-bond acceptors (Lipinski definition) is 2. The molecule has 0 spiro atoms. The predicted molar refractivity (Wildman–Crippen MR) is 61.3 cm³/mol. The molecule has 0 aliphatic heterocycles. The average Bonchev–Trinajstić information content (AvgIpc) is 2.01. The lowest BCUT2D eigenvalue weighted by molar-refractivity contribution is 0.712. The van der Waals surface area contributed by atoms with Gasteiger partial charge in [0.05, 0.1) is 6.04 Å². The Hall–Kier alpha value is -1.26. The van der Waals surface area contributed by atoms with Gasteiger partial charge < -0.3 is 11.5 Å². The minimum absolute atomic E-state index is 0.152. The molecule has 5 nitrogen and oxygen atoms in total. The maximum Gasteiger partial charge on any atom is 0.195 e. The van der Waals surface area contributed by atoms with Crippen LogP contribution < -0.4 is 16.8 Å². The molecule has 82 valence electrons. The second-order valence-corrected chi connectivity index (χ2v) is 3.50. The van der Waals surface area contributed by atoms with Gasteiger partial charge in [-0.15, -0.1) is 0 Å². The van der Waals surface area contributed by atoms with Gasteiger partial charge in [0.2, 0.25) is 0 Å². The van der Waals surface area contributed by atoms with Crippen molar-refractivity contribution < 1.29 is 0 Å². The highest BCUT2D eigenvalue weighted by Crippen LogP contribution is 1.93. The Morgan fingerprint density at radius 3 is 2.07 bits per heavy atom. The molecule has 0 aromatic rings. The lowest BCUT2D eigenvalue weighted by atomic mass is 10.3. The highest BCUT2D eigenvalue weighted by atomic mass is 15.2. The molecule has 0 saturated carbocycles.